The van der Waals surface area contributed by atoms with Crippen LogP contribution in [-0.4, -0.2) is 6.61 Å². The van der Waals surface area contributed by atoms with E-state index in [9.17, 15) is 0 Å². The Morgan fingerprint density at radius 1 is 1.15 bits per heavy atom. The van der Waals surface area contributed by atoms with Gasteiger partial charge in [-0.3, -0.25) is 0 Å². The van der Waals surface area contributed by atoms with Gasteiger partial charge in [-0.1, -0.05) is 45.2 Å². The Balaban J connectivity index is 2.49. The van der Waals surface area contributed by atoms with Crippen LogP contribution in [0, 0.1) is 6.92 Å². The van der Waals surface area contributed by atoms with Crippen LogP contribution < -0.4 is 4.74 Å². The van der Waals surface area contributed by atoms with E-state index in [4.69, 9.17) is 27.9 Å². The third-order valence-corrected chi connectivity index (χ3v) is 4.28. The molecule has 0 bridgehead atoms. The van der Waals surface area contributed by atoms with Crippen molar-refractivity contribution in [3.8, 4) is 5.75 Å². The molecule has 1 nitrogen and oxygen atoms in total. The highest BCUT2D eigenvalue weighted by Gasteiger charge is 2.19. The molecule has 20 heavy (non-hydrogen) atoms. The van der Waals surface area contributed by atoms with Crippen molar-refractivity contribution < 1.29 is 4.74 Å². The second-order valence-electron chi connectivity index (χ2n) is 4.50. The van der Waals surface area contributed by atoms with Crippen LogP contribution >= 0.6 is 39.1 Å². The molecule has 2 aromatic carbocycles. The average Bonchev–Trinajstić information content (AvgIpc) is 2.43. The maximum absolute atomic E-state index is 6.64. The molecule has 106 valence electrons. The van der Waals surface area contributed by atoms with Crippen molar-refractivity contribution in [2.24, 2.45) is 0 Å². The van der Waals surface area contributed by atoms with Crippen LogP contribution in [0.1, 0.15) is 29.0 Å². The molecule has 0 saturated carbocycles. The van der Waals surface area contributed by atoms with E-state index in [0.29, 0.717) is 11.6 Å². The molecule has 0 saturated heterocycles. The summed E-state index contributed by atoms with van der Waals surface area (Å²) in [5, 5.41) is 0.304. The Labute approximate surface area is 138 Å². The number of hydrogen-bond acceptors (Lipinski definition) is 1. The summed E-state index contributed by atoms with van der Waals surface area (Å²) in [6.45, 7) is 4.59. The Bertz CT molecular complexity index is 613. The predicted octanol–water partition coefficient (Wildman–Crippen LogP) is 6.14. The van der Waals surface area contributed by atoms with Crippen molar-refractivity contribution in [1.82, 2.24) is 0 Å². The lowest BCUT2D eigenvalue weighted by molar-refractivity contribution is 0.337. The number of rotatable bonds is 4. The first-order chi connectivity index (χ1) is 9.52. The zero-order valence-electron chi connectivity index (χ0n) is 11.3. The maximum atomic E-state index is 6.64. The van der Waals surface area contributed by atoms with Crippen LogP contribution in [-0.2, 0) is 0 Å². The van der Waals surface area contributed by atoms with E-state index in [1.807, 2.05) is 50.2 Å². The molecule has 2 rings (SSSR count). The Morgan fingerprint density at radius 2 is 1.90 bits per heavy atom. The SMILES string of the molecule is CCOc1ccc(C)cc1C(Cl)c1cc(Br)ccc1Cl. The van der Waals surface area contributed by atoms with E-state index < -0.39 is 0 Å². The summed E-state index contributed by atoms with van der Waals surface area (Å²) in [5.41, 5.74) is 2.95. The molecule has 4 heteroatoms. The molecular formula is C16H15BrCl2O. The number of halogens is 3. The summed E-state index contributed by atoms with van der Waals surface area (Å²) in [7, 11) is 0. The van der Waals surface area contributed by atoms with Gasteiger partial charge in [-0.25, -0.2) is 0 Å². The van der Waals surface area contributed by atoms with Gasteiger partial charge in [0.15, 0.2) is 0 Å². The molecule has 1 atom stereocenters. The summed E-state index contributed by atoms with van der Waals surface area (Å²) in [5.74, 6) is 0.800. The normalized spacial score (nSPS) is 12.2. The van der Waals surface area contributed by atoms with E-state index >= 15 is 0 Å². The zero-order valence-corrected chi connectivity index (χ0v) is 14.4. The van der Waals surface area contributed by atoms with Crippen molar-refractivity contribution in [3.05, 3.63) is 62.6 Å². The summed E-state index contributed by atoms with van der Waals surface area (Å²) < 4.78 is 6.62. The van der Waals surface area contributed by atoms with Gasteiger partial charge in [0.25, 0.3) is 0 Å². The molecule has 0 fully saturated rings. The summed E-state index contributed by atoms with van der Waals surface area (Å²) >= 11 is 16.4. The van der Waals surface area contributed by atoms with E-state index in [2.05, 4.69) is 15.9 Å². The highest BCUT2D eigenvalue weighted by atomic mass is 79.9. The van der Waals surface area contributed by atoms with Gasteiger partial charge in [-0.15, -0.1) is 11.6 Å². The summed E-state index contributed by atoms with van der Waals surface area (Å²) in [6.07, 6.45) is 0. The van der Waals surface area contributed by atoms with Crippen molar-refractivity contribution >= 4 is 39.1 Å². The first kappa shape index (κ1) is 15.7. The third-order valence-electron chi connectivity index (χ3n) is 2.97. The molecule has 0 heterocycles. The molecule has 0 aliphatic carbocycles. The molecule has 0 amide bonds. The van der Waals surface area contributed by atoms with Crippen LogP contribution in [0.25, 0.3) is 0 Å². The summed E-state index contributed by atoms with van der Waals surface area (Å²) in [4.78, 5) is 0. The lowest BCUT2D eigenvalue weighted by Crippen LogP contribution is -2.01. The molecule has 1 unspecified atom stereocenters. The highest BCUT2D eigenvalue weighted by Crippen LogP contribution is 2.39. The molecule has 0 N–H and O–H groups in total. The van der Waals surface area contributed by atoms with Gasteiger partial charge in [-0.05, 0) is 43.7 Å². The van der Waals surface area contributed by atoms with Crippen molar-refractivity contribution in [2.75, 3.05) is 6.61 Å². The van der Waals surface area contributed by atoms with Crippen molar-refractivity contribution in [2.45, 2.75) is 19.2 Å². The van der Waals surface area contributed by atoms with Gasteiger partial charge in [0, 0.05) is 15.1 Å². The minimum atomic E-state index is -0.346. The average molecular weight is 374 g/mol. The third kappa shape index (κ3) is 3.49. The number of benzene rings is 2. The lowest BCUT2D eigenvalue weighted by atomic mass is 10.0. The largest absolute Gasteiger partial charge is 0.494 e. The van der Waals surface area contributed by atoms with E-state index in [1.165, 1.54) is 0 Å². The molecule has 0 aliphatic rings. The second kappa shape index (κ2) is 6.84. The molecule has 2 aromatic rings. The molecule has 0 spiro atoms. The van der Waals surface area contributed by atoms with Gasteiger partial charge in [0.1, 0.15) is 5.75 Å². The van der Waals surface area contributed by atoms with E-state index in [0.717, 1.165) is 26.9 Å². The summed E-state index contributed by atoms with van der Waals surface area (Å²) in [6, 6.07) is 11.7. The van der Waals surface area contributed by atoms with Crippen LogP contribution in [0.5, 0.6) is 5.75 Å². The Morgan fingerprint density at radius 3 is 2.60 bits per heavy atom. The van der Waals surface area contributed by atoms with Gasteiger partial charge >= 0.3 is 0 Å². The van der Waals surface area contributed by atoms with Crippen molar-refractivity contribution in [1.29, 1.82) is 0 Å². The smallest absolute Gasteiger partial charge is 0.124 e. The lowest BCUT2D eigenvalue weighted by Gasteiger charge is -2.17. The van der Waals surface area contributed by atoms with Crippen LogP contribution in [0.2, 0.25) is 5.02 Å². The van der Waals surface area contributed by atoms with Crippen LogP contribution in [0.15, 0.2) is 40.9 Å². The van der Waals surface area contributed by atoms with Crippen LogP contribution in [0.4, 0.5) is 0 Å². The van der Waals surface area contributed by atoms with Crippen molar-refractivity contribution in [3.63, 3.8) is 0 Å². The van der Waals surface area contributed by atoms with Gasteiger partial charge in [0.2, 0.25) is 0 Å². The molecule has 0 aromatic heterocycles. The van der Waals surface area contributed by atoms with Gasteiger partial charge in [0.05, 0.1) is 12.0 Å². The fourth-order valence-electron chi connectivity index (χ4n) is 2.03. The maximum Gasteiger partial charge on any atom is 0.124 e. The number of aryl methyl sites for hydroxylation is 1. The topological polar surface area (TPSA) is 9.23 Å². The first-order valence-corrected chi connectivity index (χ1v) is 7.96. The van der Waals surface area contributed by atoms with E-state index in [1.54, 1.807) is 0 Å². The number of ether oxygens (including phenoxy) is 1. The monoisotopic (exact) mass is 372 g/mol. The first-order valence-electron chi connectivity index (χ1n) is 6.35. The minimum Gasteiger partial charge on any atom is -0.494 e. The zero-order chi connectivity index (χ0) is 14.7. The predicted molar refractivity (Wildman–Crippen MR) is 89.2 cm³/mol. The molecule has 0 radical (unpaired) electrons. The molecular weight excluding hydrogens is 359 g/mol. The van der Waals surface area contributed by atoms with Gasteiger partial charge in [-0.2, -0.15) is 0 Å². The number of alkyl halides is 1. The highest BCUT2D eigenvalue weighted by molar-refractivity contribution is 9.10. The van der Waals surface area contributed by atoms with Gasteiger partial charge < -0.3 is 4.74 Å². The Hall–Kier alpha value is -0.700. The number of hydrogen-bond donors (Lipinski definition) is 0. The standard InChI is InChI=1S/C16H15BrCl2O/c1-3-20-15-7-4-10(2)8-13(15)16(19)12-9-11(17)5-6-14(12)18/h4-9,16H,3H2,1-2H3. The fourth-order valence-corrected chi connectivity index (χ4v) is 3.04. The van der Waals surface area contributed by atoms with Crippen LogP contribution in [0.3, 0.4) is 0 Å². The van der Waals surface area contributed by atoms with E-state index in [-0.39, 0.29) is 5.38 Å². The fraction of sp³-hybridized carbons (Fsp3) is 0.250. The minimum absolute atomic E-state index is 0.346. The Kier molecular flexibility index (Phi) is 5.36. The second-order valence-corrected chi connectivity index (χ2v) is 6.26. The quantitative estimate of drug-likeness (QED) is 0.585. The molecule has 0 aliphatic heterocycles.